The Kier molecular flexibility index (Phi) is 5.07. The summed E-state index contributed by atoms with van der Waals surface area (Å²) in [6.45, 7) is 1.37. The average molecular weight is 390 g/mol. The van der Waals surface area contributed by atoms with Crippen molar-refractivity contribution < 1.29 is 13.2 Å². The highest BCUT2D eigenvalue weighted by Crippen LogP contribution is 2.19. The molecule has 9 heteroatoms. The molecule has 0 bridgehead atoms. The van der Waals surface area contributed by atoms with E-state index >= 15 is 0 Å². The number of anilines is 1. The molecule has 1 aromatic heterocycles. The molecule has 0 saturated heterocycles. The van der Waals surface area contributed by atoms with Crippen molar-refractivity contribution in [3.8, 4) is 0 Å². The zero-order valence-electron chi connectivity index (χ0n) is 11.0. The number of sulfone groups is 1. The summed E-state index contributed by atoms with van der Waals surface area (Å²) in [5.74, 6) is -0.288. The third kappa shape index (κ3) is 4.58. The molecule has 0 fully saturated rings. The monoisotopic (exact) mass is 389 g/mol. The van der Waals surface area contributed by atoms with E-state index in [4.69, 9.17) is 0 Å². The highest BCUT2D eigenvalue weighted by Gasteiger charge is 2.16. The molecule has 1 amide bonds. The molecule has 0 aliphatic heterocycles. The number of halogens is 1. The lowest BCUT2D eigenvalue weighted by molar-refractivity contribution is -0.114. The number of benzene rings is 1. The van der Waals surface area contributed by atoms with Crippen molar-refractivity contribution in [1.82, 2.24) is 10.2 Å². The molecule has 21 heavy (non-hydrogen) atoms. The maximum atomic E-state index is 12.2. The fraction of sp³-hybridized carbons (Fsp3) is 0.250. The Balaban J connectivity index is 2.03. The van der Waals surface area contributed by atoms with Gasteiger partial charge in [-0.25, -0.2) is 8.42 Å². The van der Waals surface area contributed by atoms with E-state index in [1.807, 2.05) is 0 Å². The summed E-state index contributed by atoms with van der Waals surface area (Å²) < 4.78 is 25.2. The van der Waals surface area contributed by atoms with Crippen molar-refractivity contribution in [1.29, 1.82) is 0 Å². The molecule has 2 aromatic rings. The first-order chi connectivity index (χ1) is 9.87. The van der Waals surface area contributed by atoms with E-state index < -0.39 is 9.84 Å². The molecule has 1 heterocycles. The normalized spacial score (nSPS) is 11.3. The maximum absolute atomic E-state index is 12.2. The van der Waals surface area contributed by atoms with Gasteiger partial charge >= 0.3 is 0 Å². The molecule has 0 spiro atoms. The van der Waals surface area contributed by atoms with Gasteiger partial charge in [-0.1, -0.05) is 27.3 Å². The van der Waals surface area contributed by atoms with Gasteiger partial charge in [0.1, 0.15) is 5.01 Å². The van der Waals surface area contributed by atoms with Crippen LogP contribution in [-0.4, -0.2) is 30.3 Å². The zero-order chi connectivity index (χ0) is 15.5. The summed E-state index contributed by atoms with van der Waals surface area (Å²) in [4.78, 5) is 11.2. The van der Waals surface area contributed by atoms with Crippen molar-refractivity contribution >= 4 is 48.1 Å². The number of carbonyl (C=O) groups is 1. The van der Waals surface area contributed by atoms with E-state index in [1.165, 1.54) is 18.3 Å². The number of amides is 1. The van der Waals surface area contributed by atoms with E-state index in [0.29, 0.717) is 10.1 Å². The number of nitrogens with zero attached hydrogens (tertiary/aromatic N) is 2. The summed E-state index contributed by atoms with van der Waals surface area (Å²) in [6.07, 6.45) is 0.260. The maximum Gasteiger partial charge on any atom is 0.223 e. The molecule has 0 saturated carbocycles. The van der Waals surface area contributed by atoms with E-state index in [2.05, 4.69) is 31.4 Å². The van der Waals surface area contributed by atoms with Crippen LogP contribution in [0, 0.1) is 0 Å². The molecule has 2 rings (SSSR count). The van der Waals surface area contributed by atoms with Crippen molar-refractivity contribution in [2.75, 3.05) is 11.1 Å². The number of hydrogen-bond donors (Lipinski definition) is 1. The van der Waals surface area contributed by atoms with Crippen LogP contribution in [0.3, 0.4) is 0 Å². The molecular formula is C12H12BrN3O3S2. The standard InChI is InChI=1S/C12H12BrN3O3S2/c1-8(17)14-12-16-15-11(20-12)6-7-21(18,19)10-4-2-9(13)3-5-10/h2-5H,6-7H2,1H3,(H,14,16,17). The minimum Gasteiger partial charge on any atom is -0.301 e. The Labute approximate surface area is 134 Å². The SMILES string of the molecule is CC(=O)Nc1nnc(CCS(=O)(=O)c2ccc(Br)cc2)s1. The summed E-state index contributed by atoms with van der Waals surface area (Å²) in [6, 6.07) is 6.49. The second kappa shape index (κ2) is 6.63. The molecule has 0 aliphatic rings. The van der Waals surface area contributed by atoms with Gasteiger partial charge in [-0.15, -0.1) is 10.2 Å². The number of aromatic nitrogens is 2. The highest BCUT2D eigenvalue weighted by molar-refractivity contribution is 9.10. The Morgan fingerprint density at radius 2 is 1.95 bits per heavy atom. The van der Waals surface area contributed by atoms with E-state index in [-0.39, 0.29) is 23.0 Å². The summed E-state index contributed by atoms with van der Waals surface area (Å²) in [5.41, 5.74) is 0. The van der Waals surface area contributed by atoms with Crippen molar-refractivity contribution in [2.24, 2.45) is 0 Å². The van der Waals surface area contributed by atoms with E-state index in [1.54, 1.807) is 24.3 Å². The zero-order valence-corrected chi connectivity index (χ0v) is 14.3. The predicted octanol–water partition coefficient (Wildman–Crippen LogP) is 2.28. The minimum absolute atomic E-state index is 0.0522. The van der Waals surface area contributed by atoms with Gasteiger partial charge < -0.3 is 5.32 Å². The van der Waals surface area contributed by atoms with Crippen molar-refractivity contribution in [3.05, 3.63) is 33.7 Å². The van der Waals surface area contributed by atoms with Crippen LogP contribution >= 0.6 is 27.3 Å². The van der Waals surface area contributed by atoms with Crippen LogP contribution < -0.4 is 5.32 Å². The highest BCUT2D eigenvalue weighted by atomic mass is 79.9. The van der Waals surface area contributed by atoms with Gasteiger partial charge in [-0.3, -0.25) is 4.79 Å². The first kappa shape index (κ1) is 16.1. The third-order valence-corrected chi connectivity index (χ3v) is 5.67. The van der Waals surface area contributed by atoms with E-state index in [0.717, 1.165) is 4.47 Å². The van der Waals surface area contributed by atoms with Crippen molar-refractivity contribution in [2.45, 2.75) is 18.2 Å². The van der Waals surface area contributed by atoms with Crippen LogP contribution in [0.4, 0.5) is 5.13 Å². The third-order valence-electron chi connectivity index (χ3n) is 2.51. The first-order valence-electron chi connectivity index (χ1n) is 5.95. The molecule has 0 unspecified atom stereocenters. The minimum atomic E-state index is -3.36. The lowest BCUT2D eigenvalue weighted by Gasteiger charge is -2.02. The lowest BCUT2D eigenvalue weighted by atomic mass is 10.4. The summed E-state index contributed by atoms with van der Waals surface area (Å²) >= 11 is 4.44. The molecule has 0 atom stereocenters. The lowest BCUT2D eigenvalue weighted by Crippen LogP contribution is -2.09. The molecule has 1 aromatic carbocycles. The van der Waals surface area contributed by atoms with Gasteiger partial charge in [-0.2, -0.15) is 0 Å². The Morgan fingerprint density at radius 1 is 1.29 bits per heavy atom. The van der Waals surface area contributed by atoms with Crippen LogP contribution in [0.5, 0.6) is 0 Å². The second-order valence-electron chi connectivity index (χ2n) is 4.20. The van der Waals surface area contributed by atoms with Crippen LogP contribution in [0.15, 0.2) is 33.6 Å². The van der Waals surface area contributed by atoms with E-state index in [9.17, 15) is 13.2 Å². The number of carbonyl (C=O) groups excluding carboxylic acids is 1. The number of aryl methyl sites for hydroxylation is 1. The van der Waals surface area contributed by atoms with Crippen LogP contribution in [0.2, 0.25) is 0 Å². The summed E-state index contributed by atoms with van der Waals surface area (Å²) in [5, 5.41) is 11.1. The van der Waals surface area contributed by atoms with Crippen LogP contribution in [0.1, 0.15) is 11.9 Å². The number of nitrogens with one attached hydrogen (secondary N) is 1. The van der Waals surface area contributed by atoms with Crippen LogP contribution in [0.25, 0.3) is 0 Å². The Morgan fingerprint density at radius 3 is 2.57 bits per heavy atom. The molecule has 0 aliphatic carbocycles. The predicted molar refractivity (Wildman–Crippen MR) is 84.1 cm³/mol. The number of hydrogen-bond acceptors (Lipinski definition) is 6. The molecule has 112 valence electrons. The average Bonchev–Trinajstić information content (AvgIpc) is 2.84. The summed E-state index contributed by atoms with van der Waals surface area (Å²) in [7, 11) is -3.36. The van der Waals surface area contributed by atoms with Crippen LogP contribution in [-0.2, 0) is 21.1 Å². The largest absolute Gasteiger partial charge is 0.301 e. The molecular weight excluding hydrogens is 378 g/mol. The molecule has 0 radical (unpaired) electrons. The quantitative estimate of drug-likeness (QED) is 0.846. The number of rotatable bonds is 5. The van der Waals surface area contributed by atoms with Gasteiger partial charge in [0.15, 0.2) is 9.84 Å². The second-order valence-corrected chi connectivity index (χ2v) is 8.29. The van der Waals surface area contributed by atoms with Crippen molar-refractivity contribution in [3.63, 3.8) is 0 Å². The Bertz CT molecular complexity index is 741. The van der Waals surface area contributed by atoms with Gasteiger partial charge in [0, 0.05) is 17.8 Å². The molecule has 6 nitrogen and oxygen atoms in total. The fourth-order valence-corrected chi connectivity index (χ4v) is 3.96. The smallest absolute Gasteiger partial charge is 0.223 e. The van der Waals surface area contributed by atoms with Gasteiger partial charge in [0.2, 0.25) is 11.0 Å². The fourth-order valence-electron chi connectivity index (χ4n) is 1.54. The molecule has 1 N–H and O–H groups in total. The topological polar surface area (TPSA) is 89.0 Å². The Hall–Kier alpha value is -1.32. The van der Waals surface area contributed by atoms with Gasteiger partial charge in [0.25, 0.3) is 0 Å². The van der Waals surface area contributed by atoms with Gasteiger partial charge in [-0.05, 0) is 24.3 Å². The first-order valence-corrected chi connectivity index (χ1v) is 9.21. The van der Waals surface area contributed by atoms with Gasteiger partial charge in [0.05, 0.1) is 10.6 Å².